The monoisotopic (exact) mass is 393 g/mol. The van der Waals surface area contributed by atoms with Crippen LogP contribution in [0, 0.1) is 0 Å². The van der Waals surface area contributed by atoms with Crippen LogP contribution in [-0.2, 0) is 16.0 Å². The number of carbonyl (C=O) groups excluding carboxylic acids is 1. The van der Waals surface area contributed by atoms with Gasteiger partial charge in [0.1, 0.15) is 12.6 Å². The summed E-state index contributed by atoms with van der Waals surface area (Å²) in [5.41, 5.74) is 4.43. The van der Waals surface area contributed by atoms with Gasteiger partial charge in [0.15, 0.2) is 5.82 Å². The number of alkyl carbamates (subject to hydrolysis) is 1. The number of nitrogens with zero attached hydrogens (tertiary/aromatic N) is 3. The molecule has 1 heterocycles. The summed E-state index contributed by atoms with van der Waals surface area (Å²) in [5.74, 6) is -0.858. The van der Waals surface area contributed by atoms with E-state index in [0.717, 1.165) is 22.3 Å². The molecule has 0 unspecified atom stereocenters. The lowest BCUT2D eigenvalue weighted by Gasteiger charge is -2.17. The van der Waals surface area contributed by atoms with Crippen molar-refractivity contribution in [2.24, 2.45) is 0 Å². The number of hydrogen-bond acceptors (Lipinski definition) is 6. The number of amides is 1. The van der Waals surface area contributed by atoms with Gasteiger partial charge in [0, 0.05) is 12.3 Å². The molecule has 9 nitrogen and oxygen atoms in total. The Hall–Kier alpha value is -3.75. The zero-order chi connectivity index (χ0) is 20.2. The molecule has 0 radical (unpaired) electrons. The zero-order valence-corrected chi connectivity index (χ0v) is 15.4. The van der Waals surface area contributed by atoms with Gasteiger partial charge in [-0.3, -0.25) is 0 Å². The molecule has 4 rings (SSSR count). The van der Waals surface area contributed by atoms with Crippen molar-refractivity contribution < 1.29 is 19.4 Å². The van der Waals surface area contributed by atoms with Crippen LogP contribution < -0.4 is 5.32 Å². The largest absolute Gasteiger partial charge is 0.480 e. The van der Waals surface area contributed by atoms with Crippen molar-refractivity contribution >= 4 is 12.1 Å². The predicted octanol–water partition coefficient (Wildman–Crippen LogP) is 2.12. The van der Waals surface area contributed by atoms with Crippen LogP contribution in [-0.4, -0.2) is 50.4 Å². The Kier molecular flexibility index (Phi) is 5.19. The number of benzene rings is 2. The number of nitrogens with one attached hydrogen (secondary N) is 2. The summed E-state index contributed by atoms with van der Waals surface area (Å²) in [5, 5.41) is 25.0. The number of H-pyrrole nitrogens is 1. The van der Waals surface area contributed by atoms with Gasteiger partial charge in [-0.2, -0.15) is 5.21 Å². The highest BCUT2D eigenvalue weighted by Gasteiger charge is 2.29. The van der Waals surface area contributed by atoms with Crippen molar-refractivity contribution in [1.82, 2.24) is 25.9 Å². The predicted molar refractivity (Wildman–Crippen MR) is 102 cm³/mol. The van der Waals surface area contributed by atoms with Gasteiger partial charge in [-0.05, 0) is 28.7 Å². The number of carboxylic acids is 1. The van der Waals surface area contributed by atoms with Gasteiger partial charge in [-0.1, -0.05) is 53.7 Å². The fraction of sp³-hybridized carbons (Fsp3) is 0.250. The molecule has 1 aliphatic rings. The van der Waals surface area contributed by atoms with E-state index < -0.39 is 18.1 Å². The molecule has 9 heteroatoms. The lowest BCUT2D eigenvalue weighted by molar-refractivity contribution is -0.139. The van der Waals surface area contributed by atoms with Crippen molar-refractivity contribution in [3.8, 4) is 11.1 Å². The number of carbonyl (C=O) groups is 2. The molecule has 1 aliphatic carbocycles. The molecule has 1 aromatic heterocycles. The average molecular weight is 393 g/mol. The zero-order valence-electron chi connectivity index (χ0n) is 15.4. The van der Waals surface area contributed by atoms with Crippen LogP contribution in [0.25, 0.3) is 11.1 Å². The van der Waals surface area contributed by atoms with Crippen molar-refractivity contribution in [3.63, 3.8) is 0 Å². The first-order chi connectivity index (χ1) is 14.1. The molecule has 148 valence electrons. The Morgan fingerprint density at radius 3 is 2.34 bits per heavy atom. The molecule has 0 saturated carbocycles. The molecule has 3 aromatic rings. The van der Waals surface area contributed by atoms with Gasteiger partial charge in [0.05, 0.1) is 0 Å². The van der Waals surface area contributed by atoms with Gasteiger partial charge in [0.2, 0.25) is 0 Å². The van der Waals surface area contributed by atoms with Crippen molar-refractivity contribution in [1.29, 1.82) is 0 Å². The van der Waals surface area contributed by atoms with Gasteiger partial charge in [-0.25, -0.2) is 9.59 Å². The lowest BCUT2D eigenvalue weighted by Crippen LogP contribution is -2.41. The van der Waals surface area contributed by atoms with Crippen LogP contribution in [0.1, 0.15) is 29.3 Å². The number of carboxylic acid groups (broad SMARTS) is 1. The summed E-state index contributed by atoms with van der Waals surface area (Å²) in [6.45, 7) is 0.122. The molecule has 3 N–H and O–H groups in total. The van der Waals surface area contributed by atoms with Crippen LogP contribution >= 0.6 is 0 Å². The molecule has 0 saturated heterocycles. The first kappa shape index (κ1) is 18.6. The quantitative estimate of drug-likeness (QED) is 0.560. The third-order valence-corrected chi connectivity index (χ3v) is 4.98. The van der Waals surface area contributed by atoms with E-state index in [1.165, 1.54) is 0 Å². The van der Waals surface area contributed by atoms with Crippen LogP contribution in [0.15, 0.2) is 48.5 Å². The van der Waals surface area contributed by atoms with Gasteiger partial charge in [0.25, 0.3) is 0 Å². The second-order valence-electron chi connectivity index (χ2n) is 6.73. The number of aryl methyl sites for hydroxylation is 1. The molecule has 29 heavy (non-hydrogen) atoms. The molecular weight excluding hydrogens is 374 g/mol. The number of aliphatic carboxylic acids is 1. The first-order valence-electron chi connectivity index (χ1n) is 9.20. The topological polar surface area (TPSA) is 130 Å². The van der Waals surface area contributed by atoms with E-state index in [4.69, 9.17) is 4.74 Å². The maximum atomic E-state index is 12.3. The van der Waals surface area contributed by atoms with Gasteiger partial charge >= 0.3 is 12.1 Å². The Morgan fingerprint density at radius 1 is 1.10 bits per heavy atom. The molecule has 2 aromatic carbocycles. The Bertz CT molecular complexity index is 976. The van der Waals surface area contributed by atoms with E-state index in [1.807, 2.05) is 48.5 Å². The number of tetrazole rings is 1. The highest BCUT2D eigenvalue weighted by molar-refractivity contribution is 5.81. The molecular formula is C20H19N5O4. The minimum Gasteiger partial charge on any atom is -0.480 e. The summed E-state index contributed by atoms with van der Waals surface area (Å²) < 4.78 is 5.39. The van der Waals surface area contributed by atoms with Crippen LogP contribution in [0.2, 0.25) is 0 Å². The SMILES string of the molecule is O=C(N[C@@H](CCc1nn[nH]n1)C(=O)O)OCC1c2ccccc2-c2ccccc21. The first-order valence-corrected chi connectivity index (χ1v) is 9.20. The third-order valence-electron chi connectivity index (χ3n) is 4.98. The van der Waals surface area contributed by atoms with Gasteiger partial charge in [-0.15, -0.1) is 10.2 Å². The number of fused-ring (bicyclic) bond motifs is 3. The molecule has 0 aliphatic heterocycles. The fourth-order valence-corrected chi connectivity index (χ4v) is 3.60. The second-order valence-corrected chi connectivity index (χ2v) is 6.73. The number of aromatic amines is 1. The summed E-state index contributed by atoms with van der Waals surface area (Å²) >= 11 is 0. The lowest BCUT2D eigenvalue weighted by atomic mass is 9.98. The van der Waals surface area contributed by atoms with Crippen molar-refractivity contribution in [2.75, 3.05) is 6.61 Å². The Balaban J connectivity index is 1.39. The third kappa shape index (κ3) is 3.93. The minimum atomic E-state index is -1.15. The summed E-state index contributed by atoms with van der Waals surface area (Å²) in [6, 6.07) is 14.9. The average Bonchev–Trinajstić information content (AvgIpc) is 3.35. The summed E-state index contributed by atoms with van der Waals surface area (Å²) in [6.07, 6.45) is -0.386. The summed E-state index contributed by atoms with van der Waals surface area (Å²) in [4.78, 5) is 23.7. The highest BCUT2D eigenvalue weighted by Crippen LogP contribution is 2.44. The number of hydrogen-bond donors (Lipinski definition) is 3. The fourth-order valence-electron chi connectivity index (χ4n) is 3.60. The van der Waals surface area contributed by atoms with Gasteiger partial charge < -0.3 is 15.2 Å². The smallest absolute Gasteiger partial charge is 0.407 e. The standard InChI is InChI=1S/C20H19N5O4/c26-19(27)17(9-10-18-22-24-25-23-18)21-20(28)29-11-16-14-7-3-1-5-12(14)13-6-2-4-8-15(13)16/h1-8,16-17H,9-11H2,(H,21,28)(H,26,27)(H,22,23,24,25)/t17-/m0/s1. The Morgan fingerprint density at radius 2 is 1.76 bits per heavy atom. The molecule has 0 spiro atoms. The number of rotatable bonds is 7. The van der Waals surface area contributed by atoms with Crippen LogP contribution in [0.5, 0.6) is 0 Å². The number of ether oxygens (including phenoxy) is 1. The molecule has 0 bridgehead atoms. The maximum absolute atomic E-state index is 12.3. The molecule has 1 atom stereocenters. The van der Waals surface area contributed by atoms with E-state index in [-0.39, 0.29) is 25.4 Å². The van der Waals surface area contributed by atoms with E-state index >= 15 is 0 Å². The van der Waals surface area contributed by atoms with Crippen LogP contribution in [0.3, 0.4) is 0 Å². The van der Waals surface area contributed by atoms with E-state index in [2.05, 4.69) is 25.9 Å². The highest BCUT2D eigenvalue weighted by atomic mass is 16.5. The molecule has 0 fully saturated rings. The van der Waals surface area contributed by atoms with E-state index in [9.17, 15) is 14.7 Å². The molecule has 1 amide bonds. The van der Waals surface area contributed by atoms with Crippen molar-refractivity contribution in [3.05, 3.63) is 65.5 Å². The minimum absolute atomic E-state index is 0.0873. The van der Waals surface area contributed by atoms with E-state index in [0.29, 0.717) is 5.82 Å². The number of aromatic nitrogens is 4. The Labute approximate surface area is 166 Å². The second kappa shape index (κ2) is 8.09. The van der Waals surface area contributed by atoms with E-state index in [1.54, 1.807) is 0 Å². The van der Waals surface area contributed by atoms with Crippen molar-refractivity contribution in [2.45, 2.75) is 24.8 Å². The normalized spacial score (nSPS) is 13.4. The van der Waals surface area contributed by atoms with Crippen LogP contribution in [0.4, 0.5) is 4.79 Å². The summed E-state index contributed by atoms with van der Waals surface area (Å²) in [7, 11) is 0. The maximum Gasteiger partial charge on any atom is 0.407 e.